The van der Waals surface area contributed by atoms with Crippen LogP contribution >= 0.6 is 8.03 Å². The van der Waals surface area contributed by atoms with E-state index in [-0.39, 0.29) is 23.9 Å². The highest BCUT2D eigenvalue weighted by atomic mass is 31.1. The normalized spacial score (nSPS) is 14.6. The van der Waals surface area contributed by atoms with Crippen LogP contribution in [0.5, 0.6) is 0 Å². The van der Waals surface area contributed by atoms with Crippen molar-refractivity contribution in [2.24, 2.45) is 0 Å². The van der Waals surface area contributed by atoms with Crippen molar-refractivity contribution in [3.05, 3.63) is 16.7 Å². The van der Waals surface area contributed by atoms with Crippen molar-refractivity contribution in [3.63, 3.8) is 0 Å². The van der Waals surface area contributed by atoms with Gasteiger partial charge in [-0.2, -0.15) is 4.98 Å². The zero-order valence-corrected chi connectivity index (χ0v) is 11.2. The van der Waals surface area contributed by atoms with E-state index in [2.05, 4.69) is 15.0 Å². The van der Waals surface area contributed by atoms with E-state index < -0.39 is 13.6 Å². The molecule has 0 aliphatic heterocycles. The van der Waals surface area contributed by atoms with E-state index in [0.717, 1.165) is 0 Å². The third kappa shape index (κ3) is 3.19. The second-order valence-corrected chi connectivity index (χ2v) is 5.11. The highest BCUT2D eigenvalue weighted by molar-refractivity contribution is 7.37. The fourth-order valence-electron chi connectivity index (χ4n) is 1.65. The first-order chi connectivity index (χ1) is 8.97. The third-order valence-corrected chi connectivity index (χ3v) is 2.85. The Bertz CT molecular complexity index is 666. The Labute approximate surface area is 108 Å². The largest absolute Gasteiger partial charge is 0.369 e. The number of nitrogen functional groups attached to an aromatic ring is 1. The second kappa shape index (κ2) is 5.52. The maximum atomic E-state index is 11.6. The molecule has 10 heteroatoms. The Balaban J connectivity index is 2.21. The van der Waals surface area contributed by atoms with Gasteiger partial charge in [-0.3, -0.25) is 14.3 Å². The molecule has 104 valence electrons. The number of anilines is 1. The summed E-state index contributed by atoms with van der Waals surface area (Å²) in [4.78, 5) is 30.6. The van der Waals surface area contributed by atoms with Crippen LogP contribution < -0.4 is 11.3 Å². The molecule has 0 bridgehead atoms. The SMILES string of the molecule is C[C@H](Cn1cnc2c(=O)[nH]c(N)nc21)OC[PH](=O)O. The summed E-state index contributed by atoms with van der Waals surface area (Å²) in [5.41, 5.74) is 5.61. The zero-order chi connectivity index (χ0) is 14.0. The zero-order valence-electron chi connectivity index (χ0n) is 10.2. The van der Waals surface area contributed by atoms with Crippen LogP contribution in [-0.4, -0.2) is 36.9 Å². The van der Waals surface area contributed by atoms with Gasteiger partial charge in [-0.05, 0) is 6.92 Å². The molecule has 0 saturated carbocycles. The van der Waals surface area contributed by atoms with Gasteiger partial charge in [0.05, 0.1) is 19.0 Å². The summed E-state index contributed by atoms with van der Waals surface area (Å²) >= 11 is 0. The molecule has 4 N–H and O–H groups in total. The lowest BCUT2D eigenvalue weighted by atomic mass is 10.4. The minimum atomic E-state index is -2.65. The average molecular weight is 287 g/mol. The number of nitrogens with zero attached hydrogens (tertiary/aromatic N) is 3. The van der Waals surface area contributed by atoms with Gasteiger partial charge in [0.2, 0.25) is 14.0 Å². The van der Waals surface area contributed by atoms with Crippen LogP contribution in [-0.2, 0) is 15.8 Å². The van der Waals surface area contributed by atoms with Gasteiger partial charge in [0.25, 0.3) is 5.56 Å². The summed E-state index contributed by atoms with van der Waals surface area (Å²) in [7, 11) is -2.65. The minimum absolute atomic E-state index is 0.00762. The first kappa shape index (κ1) is 13.7. The topological polar surface area (TPSA) is 136 Å². The number of hydrogen-bond donors (Lipinski definition) is 3. The molecular weight excluding hydrogens is 273 g/mol. The number of imidazole rings is 1. The van der Waals surface area contributed by atoms with E-state index in [4.69, 9.17) is 15.4 Å². The number of nitrogens with one attached hydrogen (secondary N) is 1. The fourth-order valence-corrected chi connectivity index (χ4v) is 2.07. The number of nitrogens with two attached hydrogens (primary N) is 1. The molecule has 2 rings (SSSR count). The fraction of sp³-hybridized carbons (Fsp3) is 0.444. The molecule has 2 atom stereocenters. The first-order valence-electron chi connectivity index (χ1n) is 5.51. The van der Waals surface area contributed by atoms with Crippen molar-refractivity contribution in [3.8, 4) is 0 Å². The molecule has 0 spiro atoms. The highest BCUT2D eigenvalue weighted by Gasteiger charge is 2.12. The predicted octanol–water partition coefficient (Wildman–Crippen LogP) is -0.469. The van der Waals surface area contributed by atoms with Crippen LogP contribution in [0.1, 0.15) is 6.92 Å². The Kier molecular flexibility index (Phi) is 3.98. The van der Waals surface area contributed by atoms with Crippen molar-refractivity contribution in [2.45, 2.75) is 19.6 Å². The number of rotatable bonds is 5. The monoisotopic (exact) mass is 287 g/mol. The van der Waals surface area contributed by atoms with Crippen LogP contribution in [0.4, 0.5) is 5.95 Å². The van der Waals surface area contributed by atoms with E-state index in [0.29, 0.717) is 12.2 Å². The summed E-state index contributed by atoms with van der Waals surface area (Å²) in [6, 6.07) is 0. The maximum Gasteiger partial charge on any atom is 0.280 e. The standard InChI is InChI=1S/C9H14N5O4P/c1-5(18-4-19(16)17)2-14-3-11-6-7(14)12-9(10)13-8(6)15/h3,5,19H,2,4H2,1H3,(H,16,17)(H3,10,12,13,15)/t5-/m1/s1. The summed E-state index contributed by atoms with van der Waals surface area (Å²) in [6.07, 6.45) is 0.934. The van der Waals surface area contributed by atoms with E-state index in [9.17, 15) is 9.36 Å². The Morgan fingerprint density at radius 1 is 1.68 bits per heavy atom. The van der Waals surface area contributed by atoms with Gasteiger partial charge in [0, 0.05) is 0 Å². The summed E-state index contributed by atoms with van der Waals surface area (Å²) in [5.74, 6) is 0.00762. The van der Waals surface area contributed by atoms with Gasteiger partial charge in [-0.25, -0.2) is 4.98 Å². The molecule has 2 heterocycles. The van der Waals surface area contributed by atoms with Gasteiger partial charge in [0.15, 0.2) is 11.2 Å². The predicted molar refractivity (Wildman–Crippen MR) is 69.2 cm³/mol. The first-order valence-corrected chi connectivity index (χ1v) is 7.07. The molecule has 2 aromatic heterocycles. The molecule has 0 aliphatic carbocycles. The maximum absolute atomic E-state index is 11.6. The lowest BCUT2D eigenvalue weighted by molar-refractivity contribution is 0.0847. The lowest BCUT2D eigenvalue weighted by Gasteiger charge is -2.12. The van der Waals surface area contributed by atoms with Crippen molar-refractivity contribution in [2.75, 3.05) is 12.1 Å². The quantitative estimate of drug-likeness (QED) is 0.632. The summed E-state index contributed by atoms with van der Waals surface area (Å²) in [5, 5.41) is 0. The molecule has 1 unspecified atom stereocenters. The van der Waals surface area contributed by atoms with Gasteiger partial charge in [-0.1, -0.05) is 0 Å². The van der Waals surface area contributed by atoms with Crippen molar-refractivity contribution in [1.82, 2.24) is 19.5 Å². The number of H-pyrrole nitrogens is 1. The van der Waals surface area contributed by atoms with Gasteiger partial charge in [-0.15, -0.1) is 0 Å². The Morgan fingerprint density at radius 3 is 3.11 bits per heavy atom. The van der Waals surface area contributed by atoms with E-state index in [1.165, 1.54) is 6.33 Å². The van der Waals surface area contributed by atoms with Crippen LogP contribution in [0.3, 0.4) is 0 Å². The van der Waals surface area contributed by atoms with Crippen LogP contribution in [0.15, 0.2) is 11.1 Å². The van der Waals surface area contributed by atoms with Gasteiger partial charge < -0.3 is 19.9 Å². The van der Waals surface area contributed by atoms with Crippen LogP contribution in [0.25, 0.3) is 11.2 Å². The molecule has 0 fully saturated rings. The molecule has 0 amide bonds. The van der Waals surface area contributed by atoms with Gasteiger partial charge >= 0.3 is 0 Å². The minimum Gasteiger partial charge on any atom is -0.369 e. The summed E-state index contributed by atoms with van der Waals surface area (Å²) < 4.78 is 17.4. The Hall–Kier alpha value is -1.70. The highest BCUT2D eigenvalue weighted by Crippen LogP contribution is 2.15. The van der Waals surface area contributed by atoms with Crippen molar-refractivity contribution >= 4 is 25.1 Å². The smallest absolute Gasteiger partial charge is 0.280 e. The number of aromatic nitrogens is 4. The molecule has 0 aliphatic rings. The molecule has 9 nitrogen and oxygen atoms in total. The van der Waals surface area contributed by atoms with Crippen molar-refractivity contribution < 1.29 is 14.2 Å². The van der Waals surface area contributed by atoms with Crippen LogP contribution in [0, 0.1) is 0 Å². The number of fused-ring (bicyclic) bond motifs is 1. The second-order valence-electron chi connectivity index (χ2n) is 4.04. The van der Waals surface area contributed by atoms with Crippen molar-refractivity contribution in [1.29, 1.82) is 0 Å². The van der Waals surface area contributed by atoms with Crippen LogP contribution in [0.2, 0.25) is 0 Å². The molecule has 19 heavy (non-hydrogen) atoms. The molecule has 2 aromatic rings. The Morgan fingerprint density at radius 2 is 2.42 bits per heavy atom. The average Bonchev–Trinajstić information content (AvgIpc) is 2.70. The molecular formula is C9H14N5O4P. The molecule has 0 radical (unpaired) electrons. The van der Waals surface area contributed by atoms with Gasteiger partial charge in [0.1, 0.15) is 6.35 Å². The molecule has 0 saturated heterocycles. The van der Waals surface area contributed by atoms with E-state index in [1.54, 1.807) is 11.5 Å². The number of ether oxygens (including phenoxy) is 1. The molecule has 0 aromatic carbocycles. The number of hydrogen-bond acceptors (Lipinski definition) is 6. The lowest BCUT2D eigenvalue weighted by Crippen LogP contribution is -2.17. The van der Waals surface area contributed by atoms with E-state index in [1.807, 2.05) is 0 Å². The summed E-state index contributed by atoms with van der Waals surface area (Å²) in [6.45, 7) is 2.09. The van der Waals surface area contributed by atoms with E-state index >= 15 is 0 Å². The third-order valence-electron chi connectivity index (χ3n) is 2.44. The number of aromatic amines is 1.